The molecule has 178 valence electrons. The molecule has 9 heteroatoms. The van der Waals surface area contributed by atoms with Crippen molar-refractivity contribution in [1.82, 2.24) is 9.78 Å². The second-order valence-electron chi connectivity index (χ2n) is 7.65. The molecule has 1 aromatic heterocycles. The number of hydrogen-bond acceptors (Lipinski definition) is 6. The Morgan fingerprint density at radius 2 is 1.74 bits per heavy atom. The Bertz CT molecular complexity index is 1180. The lowest BCUT2D eigenvalue weighted by Gasteiger charge is -2.10. The first-order chi connectivity index (χ1) is 16.3. The molecule has 0 fully saturated rings. The van der Waals surface area contributed by atoms with Gasteiger partial charge in [-0.15, -0.1) is 0 Å². The fraction of sp³-hybridized carbons (Fsp3) is 0.280. The zero-order valence-electron chi connectivity index (χ0n) is 19.3. The molecule has 3 rings (SSSR count). The molecule has 0 aliphatic rings. The summed E-state index contributed by atoms with van der Waals surface area (Å²) in [6.07, 6.45) is 2.20. The molecule has 1 heterocycles. The SMILES string of the molecule is CCCc1nn(C)c(OCC(=O)OC)c1Cc1ccc(NC(=O)c2ccccc2C(=O)O)cc1. The largest absolute Gasteiger partial charge is 0.478 e. The molecule has 0 radical (unpaired) electrons. The van der Waals surface area contributed by atoms with Crippen LogP contribution in [0.1, 0.15) is 50.9 Å². The van der Waals surface area contributed by atoms with Gasteiger partial charge in [-0.25, -0.2) is 14.3 Å². The number of carboxylic acids is 1. The summed E-state index contributed by atoms with van der Waals surface area (Å²) in [5.41, 5.74) is 3.31. The molecule has 1 amide bonds. The molecule has 0 saturated heterocycles. The number of aryl methyl sites for hydroxylation is 2. The van der Waals surface area contributed by atoms with Gasteiger partial charge in [-0.05, 0) is 36.2 Å². The van der Waals surface area contributed by atoms with Gasteiger partial charge in [-0.1, -0.05) is 37.6 Å². The van der Waals surface area contributed by atoms with Crippen molar-refractivity contribution in [1.29, 1.82) is 0 Å². The average molecular weight is 466 g/mol. The van der Waals surface area contributed by atoms with Crippen molar-refractivity contribution >= 4 is 23.5 Å². The lowest BCUT2D eigenvalue weighted by Crippen LogP contribution is -2.16. The Morgan fingerprint density at radius 3 is 2.35 bits per heavy atom. The molecule has 2 N–H and O–H groups in total. The number of carbonyl (C=O) groups is 3. The highest BCUT2D eigenvalue weighted by Crippen LogP contribution is 2.27. The van der Waals surface area contributed by atoms with Crippen molar-refractivity contribution in [2.24, 2.45) is 7.05 Å². The zero-order chi connectivity index (χ0) is 24.7. The molecule has 2 aromatic carbocycles. The first-order valence-corrected chi connectivity index (χ1v) is 10.8. The molecule has 9 nitrogen and oxygen atoms in total. The summed E-state index contributed by atoms with van der Waals surface area (Å²) in [7, 11) is 3.07. The first kappa shape index (κ1) is 24.5. The molecule has 0 aliphatic carbocycles. The first-order valence-electron chi connectivity index (χ1n) is 10.8. The maximum absolute atomic E-state index is 12.6. The van der Waals surface area contributed by atoms with Crippen LogP contribution >= 0.6 is 0 Å². The van der Waals surface area contributed by atoms with E-state index in [0.717, 1.165) is 29.7 Å². The van der Waals surface area contributed by atoms with Crippen molar-refractivity contribution in [2.45, 2.75) is 26.2 Å². The Hall–Kier alpha value is -4.14. The highest BCUT2D eigenvalue weighted by atomic mass is 16.6. The maximum Gasteiger partial charge on any atom is 0.343 e. The predicted octanol–water partition coefficient (Wildman–Crippen LogP) is 3.47. The van der Waals surface area contributed by atoms with Gasteiger partial charge in [0.25, 0.3) is 5.91 Å². The molecule has 34 heavy (non-hydrogen) atoms. The number of nitrogens with one attached hydrogen (secondary N) is 1. The van der Waals surface area contributed by atoms with Crippen LogP contribution in [-0.2, 0) is 29.4 Å². The van der Waals surface area contributed by atoms with Crippen molar-refractivity contribution in [3.05, 3.63) is 76.5 Å². The third-order valence-corrected chi connectivity index (χ3v) is 5.21. The van der Waals surface area contributed by atoms with Crippen LogP contribution in [0.25, 0.3) is 0 Å². The number of amides is 1. The van der Waals surface area contributed by atoms with Crippen LogP contribution in [0.2, 0.25) is 0 Å². The summed E-state index contributed by atoms with van der Waals surface area (Å²) in [4.78, 5) is 35.5. The van der Waals surface area contributed by atoms with Gasteiger partial charge in [0.1, 0.15) is 0 Å². The Balaban J connectivity index is 1.77. The molecule has 3 aromatic rings. The number of carbonyl (C=O) groups excluding carboxylic acids is 2. The summed E-state index contributed by atoms with van der Waals surface area (Å²) in [6, 6.07) is 13.3. The third-order valence-electron chi connectivity index (χ3n) is 5.21. The molecular weight excluding hydrogens is 438 g/mol. The monoisotopic (exact) mass is 465 g/mol. The minimum absolute atomic E-state index is 0.0591. The quantitative estimate of drug-likeness (QED) is 0.440. The lowest BCUT2D eigenvalue weighted by atomic mass is 10.0. The smallest absolute Gasteiger partial charge is 0.343 e. The number of hydrogen-bond donors (Lipinski definition) is 2. The van der Waals surface area contributed by atoms with Crippen molar-refractivity contribution < 1.29 is 29.0 Å². The predicted molar refractivity (Wildman–Crippen MR) is 125 cm³/mol. The Labute approximate surface area is 197 Å². The van der Waals surface area contributed by atoms with Gasteiger partial charge in [0.05, 0.1) is 23.9 Å². The number of rotatable bonds is 10. The number of aromatic carboxylic acids is 1. The fourth-order valence-corrected chi connectivity index (χ4v) is 3.56. The summed E-state index contributed by atoms with van der Waals surface area (Å²) < 4.78 is 12.0. The number of nitrogens with zero attached hydrogens (tertiary/aromatic N) is 2. The summed E-state index contributed by atoms with van der Waals surface area (Å²) in [6.45, 7) is 1.85. The summed E-state index contributed by atoms with van der Waals surface area (Å²) >= 11 is 0. The number of carboxylic acid groups (broad SMARTS) is 1. The van der Waals surface area contributed by atoms with Gasteiger partial charge in [0.2, 0.25) is 5.88 Å². The van der Waals surface area contributed by atoms with E-state index in [9.17, 15) is 19.5 Å². The fourth-order valence-electron chi connectivity index (χ4n) is 3.56. The highest BCUT2D eigenvalue weighted by molar-refractivity contribution is 6.10. The van der Waals surface area contributed by atoms with Crippen LogP contribution in [-0.4, -0.2) is 46.4 Å². The van der Waals surface area contributed by atoms with E-state index in [4.69, 9.17) is 4.74 Å². The number of methoxy groups -OCH3 is 1. The number of anilines is 1. The van der Waals surface area contributed by atoms with Crippen LogP contribution in [0.4, 0.5) is 5.69 Å². The van der Waals surface area contributed by atoms with E-state index < -0.39 is 17.8 Å². The molecule has 0 spiro atoms. The van der Waals surface area contributed by atoms with Crippen LogP contribution in [0.15, 0.2) is 48.5 Å². The minimum Gasteiger partial charge on any atom is -0.478 e. The van der Waals surface area contributed by atoms with Crippen LogP contribution in [0.5, 0.6) is 5.88 Å². The Morgan fingerprint density at radius 1 is 1.06 bits per heavy atom. The van der Waals surface area contributed by atoms with Crippen LogP contribution in [0.3, 0.4) is 0 Å². The molecule has 0 unspecified atom stereocenters. The van der Waals surface area contributed by atoms with Gasteiger partial charge in [0.15, 0.2) is 6.61 Å². The van der Waals surface area contributed by atoms with Crippen LogP contribution in [0, 0.1) is 0 Å². The van der Waals surface area contributed by atoms with E-state index in [1.165, 1.54) is 19.2 Å². The number of ether oxygens (including phenoxy) is 2. The topological polar surface area (TPSA) is 120 Å². The van der Waals surface area contributed by atoms with Gasteiger partial charge in [-0.2, -0.15) is 5.10 Å². The number of aromatic nitrogens is 2. The number of benzene rings is 2. The van der Waals surface area contributed by atoms with E-state index in [0.29, 0.717) is 18.0 Å². The Kier molecular flexibility index (Phi) is 8.02. The molecular formula is C25H27N3O6. The molecule has 0 aliphatic heterocycles. The van der Waals surface area contributed by atoms with E-state index >= 15 is 0 Å². The second-order valence-corrected chi connectivity index (χ2v) is 7.65. The molecule has 0 atom stereocenters. The highest BCUT2D eigenvalue weighted by Gasteiger charge is 2.19. The standard InChI is InChI=1S/C25H27N3O6/c1-4-7-21-20(24(28(2)27-21)34-15-22(29)33-3)14-16-10-12-17(13-11-16)26-23(30)18-8-5-6-9-19(18)25(31)32/h5-6,8-13H,4,7,14-15H2,1-3H3,(H,26,30)(H,31,32). The maximum atomic E-state index is 12.6. The molecule has 0 bridgehead atoms. The van der Waals surface area contributed by atoms with E-state index in [-0.39, 0.29) is 17.7 Å². The van der Waals surface area contributed by atoms with Crippen molar-refractivity contribution in [3.63, 3.8) is 0 Å². The normalized spacial score (nSPS) is 10.6. The number of esters is 1. The summed E-state index contributed by atoms with van der Waals surface area (Å²) in [5, 5.41) is 16.6. The zero-order valence-corrected chi connectivity index (χ0v) is 19.3. The van der Waals surface area contributed by atoms with Crippen molar-refractivity contribution in [2.75, 3.05) is 19.0 Å². The van der Waals surface area contributed by atoms with E-state index in [2.05, 4.69) is 22.1 Å². The minimum atomic E-state index is -1.16. The van der Waals surface area contributed by atoms with E-state index in [1.807, 2.05) is 12.1 Å². The average Bonchev–Trinajstić information content (AvgIpc) is 3.12. The molecule has 0 saturated carbocycles. The van der Waals surface area contributed by atoms with Gasteiger partial charge in [-0.3, -0.25) is 4.79 Å². The van der Waals surface area contributed by atoms with E-state index in [1.54, 1.807) is 36.0 Å². The second kappa shape index (κ2) is 11.1. The lowest BCUT2D eigenvalue weighted by molar-refractivity contribution is -0.143. The summed E-state index contributed by atoms with van der Waals surface area (Å²) in [5.74, 6) is -1.63. The van der Waals surface area contributed by atoms with Crippen molar-refractivity contribution in [3.8, 4) is 5.88 Å². The van der Waals surface area contributed by atoms with Gasteiger partial charge < -0.3 is 19.9 Å². The third kappa shape index (κ3) is 5.80. The van der Waals surface area contributed by atoms with Crippen LogP contribution < -0.4 is 10.1 Å². The van der Waals surface area contributed by atoms with Gasteiger partial charge >= 0.3 is 11.9 Å². The van der Waals surface area contributed by atoms with Gasteiger partial charge in [0, 0.05) is 24.7 Å².